The van der Waals surface area contributed by atoms with Crippen LogP contribution in [0.4, 0.5) is 0 Å². The van der Waals surface area contributed by atoms with Crippen LogP contribution in [0.3, 0.4) is 0 Å². The molecule has 0 saturated heterocycles. The number of hydrogen-bond donors (Lipinski definition) is 1. The first-order valence-corrected chi connectivity index (χ1v) is 5.22. The molecule has 0 aliphatic heterocycles. The highest BCUT2D eigenvalue weighted by atomic mass is 16.5. The van der Waals surface area contributed by atoms with Gasteiger partial charge in [-0.3, -0.25) is 0 Å². The molecule has 0 radical (unpaired) electrons. The minimum atomic E-state index is 0.572. The molecule has 0 heterocycles. The molecule has 0 aliphatic rings. The third kappa shape index (κ3) is 4.53. The Balaban J connectivity index is 2.23. The maximum Gasteiger partial charge on any atom is 0.119 e. The van der Waals surface area contributed by atoms with Crippen LogP contribution >= 0.6 is 0 Å². The minimum Gasteiger partial charge on any atom is -0.494 e. The molecule has 0 saturated carbocycles. The quantitative estimate of drug-likeness (QED) is 0.569. The van der Waals surface area contributed by atoms with Crippen molar-refractivity contribution in [3.63, 3.8) is 0 Å². The fourth-order valence-electron chi connectivity index (χ4n) is 1.24. The number of benzene rings is 1. The van der Waals surface area contributed by atoms with Crippen LogP contribution in [0.2, 0.25) is 0 Å². The van der Waals surface area contributed by atoms with E-state index >= 15 is 0 Å². The number of ether oxygens (including phenoxy) is 1. The highest BCUT2D eigenvalue weighted by Crippen LogP contribution is 2.12. The second-order valence-electron chi connectivity index (χ2n) is 3.36. The molecule has 0 aromatic heterocycles. The van der Waals surface area contributed by atoms with Crippen LogP contribution in [0.5, 0.6) is 5.75 Å². The topological polar surface area (TPSA) is 35.2 Å². The molecule has 2 heteroatoms. The Morgan fingerprint density at radius 3 is 2.53 bits per heavy atom. The summed E-state index contributed by atoms with van der Waals surface area (Å²) in [6.45, 7) is 1.30. The Labute approximate surface area is 91.4 Å². The van der Waals surface area contributed by atoms with Crippen molar-refractivity contribution in [2.75, 3.05) is 6.61 Å². The maximum atomic E-state index is 5.54. The monoisotopic (exact) mass is 203 g/mol. The molecule has 2 N–H and O–H groups in total. The van der Waals surface area contributed by atoms with E-state index in [1.807, 2.05) is 24.3 Å². The number of unbranched alkanes of at least 4 members (excludes halogenated alkanes) is 2. The molecule has 1 aromatic rings. The summed E-state index contributed by atoms with van der Waals surface area (Å²) in [5.74, 6) is 3.51. The summed E-state index contributed by atoms with van der Waals surface area (Å²) in [7, 11) is 0. The Kier molecular flexibility index (Phi) is 5.35. The molecule has 1 aromatic carbocycles. The van der Waals surface area contributed by atoms with Crippen LogP contribution < -0.4 is 10.5 Å². The highest BCUT2D eigenvalue weighted by Gasteiger charge is 1.94. The Morgan fingerprint density at radius 1 is 1.20 bits per heavy atom. The van der Waals surface area contributed by atoms with Crippen molar-refractivity contribution in [2.24, 2.45) is 5.73 Å². The molecule has 80 valence electrons. The van der Waals surface area contributed by atoms with Gasteiger partial charge in [-0.05, 0) is 30.5 Å². The van der Waals surface area contributed by atoms with Gasteiger partial charge in [-0.1, -0.05) is 12.1 Å². The maximum absolute atomic E-state index is 5.54. The first-order chi connectivity index (χ1) is 7.36. The van der Waals surface area contributed by atoms with Crippen LogP contribution in [-0.4, -0.2) is 6.61 Å². The van der Waals surface area contributed by atoms with Crippen molar-refractivity contribution in [1.82, 2.24) is 0 Å². The second kappa shape index (κ2) is 6.92. The van der Waals surface area contributed by atoms with E-state index in [4.69, 9.17) is 16.9 Å². The third-order valence-electron chi connectivity index (χ3n) is 2.14. The first-order valence-electron chi connectivity index (χ1n) is 5.22. The van der Waals surface area contributed by atoms with E-state index in [1.54, 1.807) is 0 Å². The van der Waals surface area contributed by atoms with Gasteiger partial charge in [-0.25, -0.2) is 0 Å². The summed E-state index contributed by atoms with van der Waals surface area (Å²) in [6.07, 6.45) is 8.01. The zero-order valence-corrected chi connectivity index (χ0v) is 8.91. The van der Waals surface area contributed by atoms with Gasteiger partial charge >= 0.3 is 0 Å². The lowest BCUT2D eigenvalue weighted by Crippen LogP contribution is -1.98. The summed E-state index contributed by atoms with van der Waals surface area (Å²) >= 11 is 0. The lowest BCUT2D eigenvalue weighted by molar-refractivity contribution is 0.307. The van der Waals surface area contributed by atoms with Crippen molar-refractivity contribution >= 4 is 0 Å². The lowest BCUT2D eigenvalue weighted by atomic mass is 10.2. The standard InChI is InChI=1S/C13H17NO/c1-2-3-4-5-10-15-13-8-6-12(11-14)7-9-13/h1,6-9H,3-5,10-11,14H2. The van der Waals surface area contributed by atoms with Gasteiger partial charge in [0, 0.05) is 13.0 Å². The zero-order valence-electron chi connectivity index (χ0n) is 8.91. The van der Waals surface area contributed by atoms with Crippen LogP contribution in [0.1, 0.15) is 24.8 Å². The largest absolute Gasteiger partial charge is 0.494 e. The highest BCUT2D eigenvalue weighted by molar-refractivity contribution is 5.26. The van der Waals surface area contributed by atoms with E-state index in [2.05, 4.69) is 5.92 Å². The molecule has 0 atom stereocenters. The summed E-state index contributed by atoms with van der Waals surface area (Å²) in [5, 5.41) is 0. The van der Waals surface area contributed by atoms with E-state index in [1.165, 1.54) is 0 Å². The summed E-state index contributed by atoms with van der Waals surface area (Å²) in [6, 6.07) is 7.86. The fraction of sp³-hybridized carbons (Fsp3) is 0.385. The number of terminal acetylenes is 1. The minimum absolute atomic E-state index is 0.572. The molecule has 0 amide bonds. The molecule has 1 rings (SSSR count). The average Bonchev–Trinajstić information content (AvgIpc) is 2.30. The summed E-state index contributed by atoms with van der Waals surface area (Å²) < 4.78 is 5.54. The summed E-state index contributed by atoms with van der Waals surface area (Å²) in [5.41, 5.74) is 6.62. The number of rotatable bonds is 6. The van der Waals surface area contributed by atoms with Gasteiger partial charge in [-0.2, -0.15) is 0 Å². The Morgan fingerprint density at radius 2 is 1.93 bits per heavy atom. The van der Waals surface area contributed by atoms with E-state index in [0.717, 1.165) is 37.2 Å². The molecule has 0 aliphatic carbocycles. The molecule has 0 unspecified atom stereocenters. The molecule has 15 heavy (non-hydrogen) atoms. The van der Waals surface area contributed by atoms with Crippen molar-refractivity contribution in [3.8, 4) is 18.1 Å². The van der Waals surface area contributed by atoms with Crippen molar-refractivity contribution in [3.05, 3.63) is 29.8 Å². The van der Waals surface area contributed by atoms with Crippen molar-refractivity contribution in [1.29, 1.82) is 0 Å². The summed E-state index contributed by atoms with van der Waals surface area (Å²) in [4.78, 5) is 0. The smallest absolute Gasteiger partial charge is 0.119 e. The van der Waals surface area contributed by atoms with Gasteiger partial charge in [0.05, 0.1) is 6.61 Å². The van der Waals surface area contributed by atoms with Crippen LogP contribution in [-0.2, 0) is 6.54 Å². The lowest BCUT2D eigenvalue weighted by Gasteiger charge is -2.05. The normalized spacial score (nSPS) is 9.60. The SMILES string of the molecule is C#CCCCCOc1ccc(CN)cc1. The molecule has 0 spiro atoms. The average molecular weight is 203 g/mol. The number of nitrogens with two attached hydrogens (primary N) is 1. The van der Waals surface area contributed by atoms with Gasteiger partial charge in [0.15, 0.2) is 0 Å². The van der Waals surface area contributed by atoms with Crippen LogP contribution in [0, 0.1) is 12.3 Å². The van der Waals surface area contributed by atoms with E-state index in [9.17, 15) is 0 Å². The first kappa shape index (κ1) is 11.6. The molecule has 0 bridgehead atoms. The predicted molar refractivity (Wildman–Crippen MR) is 62.5 cm³/mol. The van der Waals surface area contributed by atoms with Crippen molar-refractivity contribution < 1.29 is 4.74 Å². The second-order valence-corrected chi connectivity index (χ2v) is 3.36. The van der Waals surface area contributed by atoms with Crippen LogP contribution in [0.15, 0.2) is 24.3 Å². The van der Waals surface area contributed by atoms with Gasteiger partial charge in [0.25, 0.3) is 0 Å². The predicted octanol–water partition coefficient (Wildman–Crippen LogP) is 2.33. The zero-order chi connectivity index (χ0) is 10.9. The van der Waals surface area contributed by atoms with E-state index in [-0.39, 0.29) is 0 Å². The van der Waals surface area contributed by atoms with Gasteiger partial charge < -0.3 is 10.5 Å². The van der Waals surface area contributed by atoms with Crippen LogP contribution in [0.25, 0.3) is 0 Å². The van der Waals surface area contributed by atoms with Gasteiger partial charge in [0.1, 0.15) is 5.75 Å². The number of hydrogen-bond acceptors (Lipinski definition) is 2. The molecular formula is C13H17NO. The Bertz CT molecular complexity index is 310. The Hall–Kier alpha value is -1.46. The van der Waals surface area contributed by atoms with Gasteiger partial charge in [-0.15, -0.1) is 12.3 Å². The molecule has 0 fully saturated rings. The molecular weight excluding hydrogens is 186 g/mol. The van der Waals surface area contributed by atoms with Gasteiger partial charge in [0.2, 0.25) is 0 Å². The fourth-order valence-corrected chi connectivity index (χ4v) is 1.24. The van der Waals surface area contributed by atoms with E-state index in [0.29, 0.717) is 6.54 Å². The van der Waals surface area contributed by atoms with Crippen molar-refractivity contribution in [2.45, 2.75) is 25.8 Å². The molecule has 2 nitrogen and oxygen atoms in total. The third-order valence-corrected chi connectivity index (χ3v) is 2.14. The van der Waals surface area contributed by atoms with E-state index < -0.39 is 0 Å².